The van der Waals surface area contributed by atoms with Crippen LogP contribution in [0.25, 0.3) is 22.3 Å². The minimum Gasteiger partial charge on any atom is -0.497 e. The van der Waals surface area contributed by atoms with Crippen LogP contribution in [-0.4, -0.2) is 36.9 Å². The van der Waals surface area contributed by atoms with Gasteiger partial charge < -0.3 is 14.2 Å². The van der Waals surface area contributed by atoms with Gasteiger partial charge in [0.2, 0.25) is 0 Å². The Kier molecular flexibility index (Phi) is 5.76. The largest absolute Gasteiger partial charge is 0.497 e. The Bertz CT molecular complexity index is 1360. The van der Waals surface area contributed by atoms with Crippen molar-refractivity contribution >= 4 is 16.8 Å². The van der Waals surface area contributed by atoms with Crippen molar-refractivity contribution in [2.75, 3.05) is 26.8 Å². The molecular formula is C24H21N3O5. The zero-order valence-corrected chi connectivity index (χ0v) is 17.8. The number of amides is 1. The highest BCUT2D eigenvalue weighted by atomic mass is 16.5. The quantitative estimate of drug-likeness (QED) is 0.503. The van der Waals surface area contributed by atoms with E-state index in [9.17, 15) is 9.59 Å². The van der Waals surface area contributed by atoms with Crippen LogP contribution in [0.5, 0.6) is 17.2 Å². The zero-order chi connectivity index (χ0) is 22.7. The number of carbonyl (C=O) groups excluding carboxylic acids is 1. The summed E-state index contributed by atoms with van der Waals surface area (Å²) in [5.74, 6) is 1.31. The number of hydrogen-bond donors (Lipinski definition) is 1. The normalized spacial score (nSPS) is 10.6. The van der Waals surface area contributed by atoms with E-state index in [1.54, 1.807) is 66.7 Å². The molecule has 0 spiro atoms. The SMILES string of the molecule is COc1cccc(C(=O)Nn2c(-c3ccc(OC)c(OC)c3)nc3ccccc3c2=O)c1. The Morgan fingerprint density at radius 2 is 1.66 bits per heavy atom. The van der Waals surface area contributed by atoms with Crippen LogP contribution in [0.4, 0.5) is 0 Å². The van der Waals surface area contributed by atoms with Gasteiger partial charge in [-0.15, -0.1) is 0 Å². The lowest BCUT2D eigenvalue weighted by molar-refractivity contribution is 0.101. The topological polar surface area (TPSA) is 91.7 Å². The van der Waals surface area contributed by atoms with Crippen LogP contribution in [0.2, 0.25) is 0 Å². The third-order valence-electron chi connectivity index (χ3n) is 4.96. The first-order valence-electron chi connectivity index (χ1n) is 9.75. The van der Waals surface area contributed by atoms with E-state index in [2.05, 4.69) is 10.4 Å². The fraction of sp³-hybridized carbons (Fsp3) is 0.125. The molecule has 1 heterocycles. The van der Waals surface area contributed by atoms with Crippen molar-refractivity contribution in [2.45, 2.75) is 0 Å². The fourth-order valence-electron chi connectivity index (χ4n) is 3.34. The second kappa shape index (κ2) is 8.81. The average Bonchev–Trinajstić information content (AvgIpc) is 2.85. The van der Waals surface area contributed by atoms with Gasteiger partial charge in [0.25, 0.3) is 11.5 Å². The molecule has 0 aliphatic heterocycles. The van der Waals surface area contributed by atoms with Crippen LogP contribution in [0.15, 0.2) is 71.5 Å². The Labute approximate surface area is 184 Å². The lowest BCUT2D eigenvalue weighted by Crippen LogP contribution is -2.35. The number of nitrogens with one attached hydrogen (secondary N) is 1. The van der Waals surface area contributed by atoms with E-state index in [1.807, 2.05) is 0 Å². The molecule has 1 N–H and O–H groups in total. The van der Waals surface area contributed by atoms with Crippen LogP contribution in [0, 0.1) is 0 Å². The summed E-state index contributed by atoms with van der Waals surface area (Å²) in [5.41, 5.74) is 3.68. The van der Waals surface area contributed by atoms with Gasteiger partial charge in [-0.25, -0.2) is 4.98 Å². The summed E-state index contributed by atoms with van der Waals surface area (Å²) in [5, 5.41) is 0.377. The first-order valence-corrected chi connectivity index (χ1v) is 9.75. The van der Waals surface area contributed by atoms with E-state index in [4.69, 9.17) is 14.2 Å². The second-order valence-electron chi connectivity index (χ2n) is 6.84. The van der Waals surface area contributed by atoms with E-state index in [-0.39, 0.29) is 5.82 Å². The van der Waals surface area contributed by atoms with Crippen molar-refractivity contribution < 1.29 is 19.0 Å². The number of nitrogens with zero attached hydrogens (tertiary/aromatic N) is 2. The number of rotatable bonds is 6. The van der Waals surface area contributed by atoms with E-state index in [0.29, 0.717) is 39.3 Å². The van der Waals surface area contributed by atoms with Crippen LogP contribution in [-0.2, 0) is 0 Å². The molecule has 3 aromatic carbocycles. The highest BCUT2D eigenvalue weighted by Gasteiger charge is 2.18. The van der Waals surface area contributed by atoms with E-state index >= 15 is 0 Å². The van der Waals surface area contributed by atoms with Crippen molar-refractivity contribution in [1.29, 1.82) is 0 Å². The van der Waals surface area contributed by atoms with E-state index < -0.39 is 11.5 Å². The Balaban J connectivity index is 1.88. The van der Waals surface area contributed by atoms with Gasteiger partial charge in [0.05, 0.1) is 32.2 Å². The van der Waals surface area contributed by atoms with Crippen molar-refractivity contribution in [3.63, 3.8) is 0 Å². The summed E-state index contributed by atoms with van der Waals surface area (Å²) < 4.78 is 17.0. The van der Waals surface area contributed by atoms with Gasteiger partial charge in [-0.2, -0.15) is 4.68 Å². The molecular weight excluding hydrogens is 410 g/mol. The lowest BCUT2D eigenvalue weighted by Gasteiger charge is -2.16. The number of aromatic nitrogens is 2. The molecule has 0 saturated heterocycles. The van der Waals surface area contributed by atoms with Gasteiger partial charge in [0, 0.05) is 11.1 Å². The molecule has 0 aliphatic rings. The number of benzene rings is 3. The van der Waals surface area contributed by atoms with Crippen LogP contribution >= 0.6 is 0 Å². The Morgan fingerprint density at radius 3 is 2.41 bits per heavy atom. The second-order valence-corrected chi connectivity index (χ2v) is 6.84. The minimum atomic E-state index is -0.482. The molecule has 0 fully saturated rings. The molecule has 0 aliphatic carbocycles. The maximum Gasteiger partial charge on any atom is 0.280 e. The summed E-state index contributed by atoms with van der Waals surface area (Å²) in [7, 11) is 4.58. The molecule has 1 aromatic heterocycles. The summed E-state index contributed by atoms with van der Waals surface area (Å²) >= 11 is 0. The molecule has 0 unspecified atom stereocenters. The summed E-state index contributed by atoms with van der Waals surface area (Å²) in [6, 6.07) is 18.8. The zero-order valence-electron chi connectivity index (χ0n) is 17.8. The molecule has 0 atom stereocenters. The summed E-state index contributed by atoms with van der Waals surface area (Å²) in [4.78, 5) is 30.9. The maximum atomic E-state index is 13.3. The molecule has 0 saturated carbocycles. The highest BCUT2D eigenvalue weighted by molar-refractivity contribution is 6.00. The van der Waals surface area contributed by atoms with Gasteiger partial charge in [0.15, 0.2) is 17.3 Å². The maximum absolute atomic E-state index is 13.3. The Morgan fingerprint density at radius 1 is 0.875 bits per heavy atom. The molecule has 162 valence electrons. The number of carbonyl (C=O) groups is 1. The monoisotopic (exact) mass is 431 g/mol. The molecule has 32 heavy (non-hydrogen) atoms. The number of para-hydroxylation sites is 1. The number of fused-ring (bicyclic) bond motifs is 1. The standard InChI is InChI=1S/C24H21N3O5/c1-30-17-8-6-7-16(13-17)23(28)26-27-22(15-11-12-20(31-2)21(14-15)32-3)25-19-10-5-4-9-18(19)24(27)29/h4-14H,1-3H3,(H,26,28). The van der Waals surface area contributed by atoms with Gasteiger partial charge in [-0.3, -0.25) is 15.0 Å². The average molecular weight is 431 g/mol. The highest BCUT2D eigenvalue weighted by Crippen LogP contribution is 2.31. The number of hydrogen-bond acceptors (Lipinski definition) is 6. The lowest BCUT2D eigenvalue weighted by atomic mass is 10.1. The first-order chi connectivity index (χ1) is 15.5. The van der Waals surface area contributed by atoms with Crippen LogP contribution in [0.1, 0.15) is 10.4 Å². The van der Waals surface area contributed by atoms with E-state index in [1.165, 1.54) is 21.3 Å². The van der Waals surface area contributed by atoms with Gasteiger partial charge >= 0.3 is 0 Å². The number of methoxy groups -OCH3 is 3. The Hall–Kier alpha value is -4.33. The predicted molar refractivity (Wildman–Crippen MR) is 121 cm³/mol. The summed E-state index contributed by atoms with van der Waals surface area (Å²) in [6.07, 6.45) is 0. The molecule has 8 nitrogen and oxygen atoms in total. The fourth-order valence-corrected chi connectivity index (χ4v) is 3.34. The van der Waals surface area contributed by atoms with Gasteiger partial charge in [-0.05, 0) is 48.5 Å². The van der Waals surface area contributed by atoms with Crippen molar-refractivity contribution in [2.24, 2.45) is 0 Å². The minimum absolute atomic E-state index is 0.255. The molecule has 4 aromatic rings. The third kappa shape index (κ3) is 3.85. The van der Waals surface area contributed by atoms with Crippen LogP contribution in [0.3, 0.4) is 0 Å². The predicted octanol–water partition coefficient (Wildman–Crippen LogP) is 3.47. The molecule has 1 amide bonds. The first kappa shape index (κ1) is 20.9. The van der Waals surface area contributed by atoms with Crippen molar-refractivity contribution in [1.82, 2.24) is 9.66 Å². The van der Waals surface area contributed by atoms with Gasteiger partial charge in [0.1, 0.15) is 5.75 Å². The summed E-state index contributed by atoms with van der Waals surface area (Å²) in [6.45, 7) is 0. The van der Waals surface area contributed by atoms with E-state index in [0.717, 1.165) is 4.68 Å². The number of ether oxygens (including phenoxy) is 3. The van der Waals surface area contributed by atoms with Crippen LogP contribution < -0.4 is 25.2 Å². The molecule has 0 radical (unpaired) electrons. The van der Waals surface area contributed by atoms with Gasteiger partial charge in [-0.1, -0.05) is 18.2 Å². The van der Waals surface area contributed by atoms with Crippen molar-refractivity contribution in [3.8, 4) is 28.6 Å². The third-order valence-corrected chi connectivity index (χ3v) is 4.96. The molecule has 8 heteroatoms. The molecule has 0 bridgehead atoms. The van der Waals surface area contributed by atoms with Crippen molar-refractivity contribution in [3.05, 3.63) is 82.6 Å². The molecule has 4 rings (SSSR count). The smallest absolute Gasteiger partial charge is 0.280 e.